The van der Waals surface area contributed by atoms with E-state index in [0.717, 1.165) is 55.6 Å². The van der Waals surface area contributed by atoms with Crippen LogP contribution in [0.15, 0.2) is 54.6 Å². The molecule has 7 nitrogen and oxygen atoms in total. The summed E-state index contributed by atoms with van der Waals surface area (Å²) in [5.41, 5.74) is 3.02. The summed E-state index contributed by atoms with van der Waals surface area (Å²) in [7, 11) is 1.97. The van der Waals surface area contributed by atoms with E-state index in [-0.39, 0.29) is 36.7 Å². The second kappa shape index (κ2) is 11.1. The summed E-state index contributed by atoms with van der Waals surface area (Å²) in [6.45, 7) is 2.99. The Bertz CT molecular complexity index is 1160. The fourth-order valence-electron chi connectivity index (χ4n) is 6.09. The van der Waals surface area contributed by atoms with E-state index in [2.05, 4.69) is 39.5 Å². The number of fused-ring (bicyclic) bond motifs is 1. The molecule has 7 heteroatoms. The van der Waals surface area contributed by atoms with Gasteiger partial charge in [-0.2, -0.15) is 0 Å². The van der Waals surface area contributed by atoms with Crippen LogP contribution in [0.3, 0.4) is 0 Å². The number of para-hydroxylation sites is 2. The first-order chi connectivity index (χ1) is 17.6. The SMILES string of the molecule is Cn1c(COCC(=O)NC[C@@]2(c3ccccc3)CC[C@H](O)[C@@H](N3CCCC3)CC2)nc2ccccc21. The Morgan fingerprint density at radius 3 is 2.58 bits per heavy atom. The quantitative estimate of drug-likeness (QED) is 0.472. The molecule has 2 heterocycles. The molecule has 1 amide bonds. The van der Waals surface area contributed by atoms with Crippen molar-refractivity contribution in [2.75, 3.05) is 26.2 Å². The molecule has 1 aliphatic heterocycles. The summed E-state index contributed by atoms with van der Waals surface area (Å²) >= 11 is 0. The van der Waals surface area contributed by atoms with Crippen LogP contribution in [0.25, 0.3) is 11.0 Å². The predicted octanol–water partition coefficient (Wildman–Crippen LogP) is 3.54. The van der Waals surface area contributed by atoms with Crippen molar-refractivity contribution in [2.45, 2.75) is 62.7 Å². The van der Waals surface area contributed by atoms with Crippen LogP contribution in [-0.4, -0.2) is 63.9 Å². The number of likely N-dealkylation sites (tertiary alicyclic amines) is 1. The molecule has 2 aliphatic rings. The smallest absolute Gasteiger partial charge is 0.246 e. The van der Waals surface area contributed by atoms with Crippen LogP contribution < -0.4 is 5.32 Å². The second-order valence-electron chi connectivity index (χ2n) is 10.4. The lowest BCUT2D eigenvalue weighted by molar-refractivity contribution is -0.126. The molecule has 0 radical (unpaired) electrons. The van der Waals surface area contributed by atoms with Crippen LogP contribution in [0.4, 0.5) is 0 Å². The molecule has 0 bridgehead atoms. The third kappa shape index (κ3) is 5.33. The van der Waals surface area contributed by atoms with Crippen molar-refractivity contribution in [1.29, 1.82) is 0 Å². The molecule has 192 valence electrons. The van der Waals surface area contributed by atoms with Crippen molar-refractivity contribution in [3.8, 4) is 0 Å². The number of aliphatic hydroxyl groups excluding tert-OH is 1. The number of carbonyl (C=O) groups is 1. The van der Waals surface area contributed by atoms with Crippen molar-refractivity contribution in [1.82, 2.24) is 19.8 Å². The average Bonchev–Trinajstić information content (AvgIpc) is 3.50. The Morgan fingerprint density at radius 1 is 1.08 bits per heavy atom. The number of nitrogens with zero attached hydrogens (tertiary/aromatic N) is 3. The third-order valence-electron chi connectivity index (χ3n) is 8.25. The highest BCUT2D eigenvalue weighted by molar-refractivity contribution is 5.77. The molecule has 5 rings (SSSR count). The zero-order valence-corrected chi connectivity index (χ0v) is 21.2. The van der Waals surface area contributed by atoms with Crippen molar-refractivity contribution in [3.05, 3.63) is 66.0 Å². The van der Waals surface area contributed by atoms with Gasteiger partial charge in [-0.1, -0.05) is 42.5 Å². The minimum atomic E-state index is -0.318. The number of imidazole rings is 1. The molecule has 1 saturated carbocycles. The van der Waals surface area contributed by atoms with Gasteiger partial charge in [-0.3, -0.25) is 9.69 Å². The highest BCUT2D eigenvalue weighted by atomic mass is 16.5. The number of amides is 1. The molecular weight excluding hydrogens is 452 g/mol. The average molecular weight is 491 g/mol. The number of aromatic nitrogens is 2. The van der Waals surface area contributed by atoms with Gasteiger partial charge in [0, 0.05) is 25.0 Å². The lowest BCUT2D eigenvalue weighted by Crippen LogP contribution is -2.42. The monoisotopic (exact) mass is 490 g/mol. The molecule has 2 fully saturated rings. The molecule has 1 aliphatic carbocycles. The number of nitrogens with one attached hydrogen (secondary N) is 1. The molecule has 3 aromatic rings. The summed E-state index contributed by atoms with van der Waals surface area (Å²) in [6.07, 6.45) is 5.60. The van der Waals surface area contributed by atoms with E-state index >= 15 is 0 Å². The number of ether oxygens (including phenoxy) is 1. The largest absolute Gasteiger partial charge is 0.391 e. The summed E-state index contributed by atoms with van der Waals surface area (Å²) < 4.78 is 7.76. The van der Waals surface area contributed by atoms with Gasteiger partial charge in [-0.25, -0.2) is 4.98 Å². The summed E-state index contributed by atoms with van der Waals surface area (Å²) in [5.74, 6) is 0.681. The maximum atomic E-state index is 12.8. The lowest BCUT2D eigenvalue weighted by Gasteiger charge is -2.34. The van der Waals surface area contributed by atoms with Gasteiger partial charge in [0.15, 0.2) is 0 Å². The third-order valence-corrected chi connectivity index (χ3v) is 8.25. The Morgan fingerprint density at radius 2 is 1.81 bits per heavy atom. The first kappa shape index (κ1) is 24.9. The Balaban J connectivity index is 1.21. The molecule has 2 N–H and O–H groups in total. The second-order valence-corrected chi connectivity index (χ2v) is 10.4. The van der Waals surface area contributed by atoms with Gasteiger partial charge in [-0.15, -0.1) is 0 Å². The highest BCUT2D eigenvalue weighted by Gasteiger charge is 2.40. The van der Waals surface area contributed by atoms with Gasteiger partial charge < -0.3 is 19.7 Å². The van der Waals surface area contributed by atoms with E-state index in [1.807, 2.05) is 41.9 Å². The van der Waals surface area contributed by atoms with E-state index in [4.69, 9.17) is 4.74 Å². The number of aryl methyl sites for hydroxylation is 1. The molecule has 2 aromatic carbocycles. The molecule has 3 atom stereocenters. The van der Waals surface area contributed by atoms with Crippen LogP contribution in [-0.2, 0) is 28.6 Å². The topological polar surface area (TPSA) is 79.6 Å². The Kier molecular flexibility index (Phi) is 7.70. The van der Waals surface area contributed by atoms with E-state index < -0.39 is 0 Å². The molecular formula is C29H38N4O3. The normalized spacial score (nSPS) is 25.2. The maximum absolute atomic E-state index is 12.8. The number of carbonyl (C=O) groups excluding carboxylic acids is 1. The minimum absolute atomic E-state index is 0.00684. The first-order valence-corrected chi connectivity index (χ1v) is 13.3. The van der Waals surface area contributed by atoms with E-state index in [0.29, 0.717) is 6.54 Å². The Hall–Kier alpha value is -2.74. The molecule has 1 aromatic heterocycles. The number of hydrogen-bond acceptors (Lipinski definition) is 5. The minimum Gasteiger partial charge on any atom is -0.391 e. The molecule has 0 spiro atoms. The molecule has 0 unspecified atom stereocenters. The van der Waals surface area contributed by atoms with Crippen LogP contribution in [0, 0.1) is 0 Å². The van der Waals surface area contributed by atoms with Gasteiger partial charge >= 0.3 is 0 Å². The van der Waals surface area contributed by atoms with Crippen molar-refractivity contribution in [2.24, 2.45) is 7.05 Å². The maximum Gasteiger partial charge on any atom is 0.246 e. The van der Waals surface area contributed by atoms with Crippen molar-refractivity contribution < 1.29 is 14.6 Å². The van der Waals surface area contributed by atoms with Gasteiger partial charge in [0.05, 0.1) is 17.1 Å². The summed E-state index contributed by atoms with van der Waals surface area (Å²) in [4.78, 5) is 19.9. The zero-order chi connectivity index (χ0) is 25.0. The summed E-state index contributed by atoms with van der Waals surface area (Å²) in [6, 6.07) is 18.7. The van der Waals surface area contributed by atoms with Crippen molar-refractivity contribution >= 4 is 16.9 Å². The standard InChI is InChI=1S/C29H38N4O3/c1-32-24-12-6-5-11-23(24)31-27(32)19-36-20-28(35)30-21-29(22-9-3-2-4-10-22)15-13-25(26(34)14-16-29)33-17-7-8-18-33/h2-6,9-12,25-26,34H,7-8,13-21H2,1H3,(H,30,35)/t25-,26-,29-/m0/s1. The lowest BCUT2D eigenvalue weighted by atomic mass is 9.74. The van der Waals surface area contributed by atoms with Gasteiger partial charge in [0.25, 0.3) is 0 Å². The number of hydrogen-bond donors (Lipinski definition) is 2. The van der Waals surface area contributed by atoms with Gasteiger partial charge in [0.1, 0.15) is 19.0 Å². The number of benzene rings is 2. The van der Waals surface area contributed by atoms with Crippen LogP contribution >= 0.6 is 0 Å². The molecule has 1 saturated heterocycles. The van der Waals surface area contributed by atoms with E-state index in [1.165, 1.54) is 18.4 Å². The van der Waals surface area contributed by atoms with Crippen molar-refractivity contribution in [3.63, 3.8) is 0 Å². The summed E-state index contributed by atoms with van der Waals surface area (Å²) in [5, 5.41) is 14.2. The zero-order valence-electron chi connectivity index (χ0n) is 21.2. The fourth-order valence-corrected chi connectivity index (χ4v) is 6.09. The van der Waals surface area contributed by atoms with Gasteiger partial charge in [0.2, 0.25) is 5.91 Å². The Labute approximate surface area is 213 Å². The first-order valence-electron chi connectivity index (χ1n) is 13.3. The number of rotatable bonds is 8. The fraction of sp³-hybridized carbons (Fsp3) is 0.517. The van der Waals surface area contributed by atoms with Crippen LogP contribution in [0.5, 0.6) is 0 Å². The predicted molar refractivity (Wildman–Crippen MR) is 141 cm³/mol. The molecule has 36 heavy (non-hydrogen) atoms. The van der Waals surface area contributed by atoms with Crippen LogP contribution in [0.2, 0.25) is 0 Å². The van der Waals surface area contributed by atoms with Crippen LogP contribution in [0.1, 0.15) is 49.9 Å². The van der Waals surface area contributed by atoms with Gasteiger partial charge in [-0.05, 0) is 69.3 Å². The van der Waals surface area contributed by atoms with E-state index in [9.17, 15) is 9.90 Å². The highest BCUT2D eigenvalue weighted by Crippen LogP contribution is 2.39. The number of aliphatic hydroxyl groups is 1. The van der Waals surface area contributed by atoms with E-state index in [1.54, 1.807) is 0 Å².